The van der Waals surface area contributed by atoms with Gasteiger partial charge < -0.3 is 25.4 Å². The number of esters is 1. The second kappa shape index (κ2) is 14.3. The molecule has 1 aromatic heterocycles. The average molecular weight is 656 g/mol. The topological polar surface area (TPSA) is 124 Å². The van der Waals surface area contributed by atoms with Gasteiger partial charge in [0, 0.05) is 42.5 Å². The van der Waals surface area contributed by atoms with Crippen LogP contribution in [0.1, 0.15) is 80.6 Å². The van der Waals surface area contributed by atoms with Gasteiger partial charge in [0.15, 0.2) is 0 Å². The number of hydrogen-bond acceptors (Lipinski definition) is 7. The average Bonchev–Trinajstić information content (AvgIpc) is 3.78. The molecule has 1 aliphatic carbocycles. The lowest BCUT2D eigenvalue weighted by molar-refractivity contribution is -0.146. The summed E-state index contributed by atoms with van der Waals surface area (Å²) in [7, 11) is 1.85. The van der Waals surface area contributed by atoms with E-state index >= 15 is 0 Å². The van der Waals surface area contributed by atoms with Gasteiger partial charge in [0.1, 0.15) is 17.2 Å². The first-order valence-corrected chi connectivity index (χ1v) is 16.0. The Morgan fingerprint density at radius 3 is 2.44 bits per heavy atom. The molecule has 3 N–H and O–H groups in total. The molecule has 0 bridgehead atoms. The van der Waals surface area contributed by atoms with E-state index in [1.54, 1.807) is 81.8 Å². The summed E-state index contributed by atoms with van der Waals surface area (Å²) in [5, 5.41) is 13.6. The van der Waals surface area contributed by atoms with Gasteiger partial charge in [0.2, 0.25) is 0 Å². The van der Waals surface area contributed by atoms with Crippen LogP contribution < -0.4 is 16.0 Å². The van der Waals surface area contributed by atoms with Crippen molar-refractivity contribution in [2.75, 3.05) is 10.6 Å². The number of halogens is 1. The van der Waals surface area contributed by atoms with Crippen LogP contribution in [0.5, 0.6) is 0 Å². The van der Waals surface area contributed by atoms with Crippen molar-refractivity contribution in [2.45, 2.75) is 78.0 Å². The zero-order chi connectivity index (χ0) is 34.6. The number of hydrogen-bond donors (Lipinski definition) is 3. The normalized spacial score (nSPS) is 12.8. The third-order valence-electron chi connectivity index (χ3n) is 7.46. The van der Waals surface area contributed by atoms with Crippen LogP contribution in [0.25, 0.3) is 11.1 Å². The molecule has 5 rings (SSSR count). The van der Waals surface area contributed by atoms with Crippen LogP contribution in [0, 0.1) is 5.82 Å². The monoisotopic (exact) mass is 655 g/mol. The number of benzene rings is 3. The highest BCUT2D eigenvalue weighted by Gasteiger charge is 2.27. The van der Waals surface area contributed by atoms with E-state index in [9.17, 15) is 18.8 Å². The molecule has 4 aromatic rings. The van der Waals surface area contributed by atoms with Crippen LogP contribution >= 0.6 is 0 Å². The SMILES string of the molecule is CC(C)OC(=O)Cc1ccccc1NC(=O)c1cc(Nc2cc(C3CC3)nn2C)cc(-c2cc(F)cc(CNC(=O)OC(C)(C)C)c2)c1. The number of amides is 2. The molecule has 1 fully saturated rings. The third-order valence-corrected chi connectivity index (χ3v) is 7.46. The lowest BCUT2D eigenvalue weighted by Crippen LogP contribution is -2.32. The standard InChI is InChI=1S/C37H42FN5O5/c1-22(2)47-34(44)19-25-9-7-8-10-31(25)41-35(45)28-15-27(17-30(18-28)40-33-20-32(24-11-12-24)42-43(33)6)26-13-23(14-29(38)16-26)21-39-36(46)48-37(3,4)5/h7-10,13-18,20,22,24,40H,11-12,19,21H2,1-6H3,(H,39,46)(H,41,45). The Kier molecular flexibility index (Phi) is 10.2. The van der Waals surface area contributed by atoms with E-state index in [2.05, 4.69) is 21.0 Å². The van der Waals surface area contributed by atoms with Crippen LogP contribution in [0.4, 0.5) is 26.4 Å². The van der Waals surface area contributed by atoms with Crippen LogP contribution in [0.2, 0.25) is 0 Å². The van der Waals surface area contributed by atoms with Crippen LogP contribution in [0.15, 0.2) is 66.7 Å². The molecule has 0 atom stereocenters. The van der Waals surface area contributed by atoms with Crippen molar-refractivity contribution in [2.24, 2.45) is 7.05 Å². The lowest BCUT2D eigenvalue weighted by Gasteiger charge is -2.19. The van der Waals surface area contributed by atoms with Gasteiger partial charge in [-0.15, -0.1) is 0 Å². The summed E-state index contributed by atoms with van der Waals surface area (Å²) in [5.41, 5.74) is 3.91. The van der Waals surface area contributed by atoms with Crippen molar-refractivity contribution in [3.63, 3.8) is 0 Å². The summed E-state index contributed by atoms with van der Waals surface area (Å²) in [4.78, 5) is 38.5. The number of nitrogens with one attached hydrogen (secondary N) is 3. The maximum atomic E-state index is 15.0. The molecule has 1 aliphatic rings. The molecule has 0 aliphatic heterocycles. The first kappa shape index (κ1) is 34.2. The van der Waals surface area contributed by atoms with Crippen molar-refractivity contribution in [1.29, 1.82) is 0 Å². The largest absolute Gasteiger partial charge is 0.463 e. The minimum Gasteiger partial charge on any atom is -0.463 e. The molecule has 2 amide bonds. The molecule has 1 heterocycles. The predicted molar refractivity (Wildman–Crippen MR) is 183 cm³/mol. The molecule has 48 heavy (non-hydrogen) atoms. The fraction of sp³-hybridized carbons (Fsp3) is 0.351. The van der Waals surface area contributed by atoms with E-state index in [0.717, 1.165) is 24.4 Å². The smallest absolute Gasteiger partial charge is 0.407 e. The predicted octanol–water partition coefficient (Wildman–Crippen LogP) is 7.62. The maximum Gasteiger partial charge on any atom is 0.407 e. The Hall–Kier alpha value is -5.19. The van der Waals surface area contributed by atoms with Crippen LogP contribution in [0.3, 0.4) is 0 Å². The summed E-state index contributed by atoms with van der Waals surface area (Å²) < 4.78 is 27.4. The number of alkyl carbamates (subject to hydrolysis) is 1. The Morgan fingerprint density at radius 2 is 1.73 bits per heavy atom. The molecule has 0 saturated heterocycles. The first-order valence-electron chi connectivity index (χ1n) is 16.0. The molecule has 252 valence electrons. The highest BCUT2D eigenvalue weighted by molar-refractivity contribution is 6.06. The lowest BCUT2D eigenvalue weighted by atomic mass is 9.99. The second-order valence-corrected chi connectivity index (χ2v) is 13.3. The van der Waals surface area contributed by atoms with Gasteiger partial charge in [-0.05, 0) is 112 Å². The van der Waals surface area contributed by atoms with Gasteiger partial charge in [0.25, 0.3) is 5.91 Å². The van der Waals surface area contributed by atoms with E-state index in [-0.39, 0.29) is 19.1 Å². The number of carbonyl (C=O) groups is 3. The summed E-state index contributed by atoms with van der Waals surface area (Å²) in [5.74, 6) is -0.115. The van der Waals surface area contributed by atoms with E-state index < -0.39 is 29.4 Å². The van der Waals surface area contributed by atoms with Crippen LogP contribution in [-0.2, 0) is 34.3 Å². The van der Waals surface area contributed by atoms with Crippen molar-refractivity contribution >= 4 is 35.2 Å². The van der Waals surface area contributed by atoms with Gasteiger partial charge >= 0.3 is 12.1 Å². The summed E-state index contributed by atoms with van der Waals surface area (Å²) >= 11 is 0. The number of ether oxygens (including phenoxy) is 2. The van der Waals surface area contributed by atoms with Gasteiger partial charge in [-0.3, -0.25) is 14.3 Å². The maximum absolute atomic E-state index is 15.0. The Labute approximate surface area is 280 Å². The van der Waals surface area contributed by atoms with Gasteiger partial charge in [-0.2, -0.15) is 5.10 Å². The summed E-state index contributed by atoms with van der Waals surface area (Å²) in [6.45, 7) is 8.89. The molecule has 10 nitrogen and oxygen atoms in total. The number of aromatic nitrogens is 2. The molecule has 3 aromatic carbocycles. The number of rotatable bonds is 11. The van der Waals surface area contributed by atoms with Crippen molar-refractivity contribution in [3.8, 4) is 11.1 Å². The number of anilines is 3. The third kappa shape index (κ3) is 9.43. The highest BCUT2D eigenvalue weighted by Crippen LogP contribution is 2.40. The van der Waals surface area contributed by atoms with Crippen LogP contribution in [-0.4, -0.2) is 39.5 Å². The first-order chi connectivity index (χ1) is 22.7. The fourth-order valence-electron chi connectivity index (χ4n) is 5.19. The molecular weight excluding hydrogens is 613 g/mol. The number of nitrogens with zero attached hydrogens (tertiary/aromatic N) is 2. The zero-order valence-corrected chi connectivity index (χ0v) is 28.1. The number of aryl methyl sites for hydroxylation is 1. The number of para-hydroxylation sites is 1. The minimum absolute atomic E-state index is 0.00526. The van der Waals surface area contributed by atoms with E-state index in [4.69, 9.17) is 9.47 Å². The van der Waals surface area contributed by atoms with Crippen molar-refractivity contribution < 1.29 is 28.2 Å². The molecule has 0 spiro atoms. The second-order valence-electron chi connectivity index (χ2n) is 13.3. The van der Waals surface area contributed by atoms with E-state index in [0.29, 0.717) is 45.1 Å². The minimum atomic E-state index is -0.674. The van der Waals surface area contributed by atoms with Gasteiger partial charge in [-0.25, -0.2) is 9.18 Å². The quantitative estimate of drug-likeness (QED) is 0.142. The Morgan fingerprint density at radius 1 is 1.00 bits per heavy atom. The van der Waals surface area contributed by atoms with Crippen molar-refractivity contribution in [1.82, 2.24) is 15.1 Å². The summed E-state index contributed by atoms with van der Waals surface area (Å²) in [6, 6.07) is 18.7. The van der Waals surface area contributed by atoms with E-state index in [1.165, 1.54) is 12.1 Å². The fourth-order valence-corrected chi connectivity index (χ4v) is 5.19. The van der Waals surface area contributed by atoms with E-state index in [1.807, 2.05) is 19.2 Å². The number of carbonyl (C=O) groups excluding carboxylic acids is 3. The Bertz CT molecular complexity index is 1820. The van der Waals surface area contributed by atoms with Crippen molar-refractivity contribution in [3.05, 3.63) is 94.9 Å². The molecule has 1 saturated carbocycles. The Balaban J connectivity index is 1.46. The molecular formula is C37H42FN5O5. The highest BCUT2D eigenvalue weighted by atomic mass is 19.1. The molecule has 0 radical (unpaired) electrons. The van der Waals surface area contributed by atoms with Gasteiger partial charge in [0.05, 0.1) is 18.2 Å². The molecule has 11 heteroatoms. The molecule has 0 unspecified atom stereocenters. The van der Waals surface area contributed by atoms with Gasteiger partial charge in [-0.1, -0.05) is 18.2 Å². The zero-order valence-electron chi connectivity index (χ0n) is 28.1. The summed E-state index contributed by atoms with van der Waals surface area (Å²) in [6.07, 6.45) is 1.34.